The lowest BCUT2D eigenvalue weighted by atomic mass is 10.0. The zero-order chi connectivity index (χ0) is 15.5. The Morgan fingerprint density at radius 2 is 1.76 bits per heavy atom. The van der Waals surface area contributed by atoms with Gasteiger partial charge in [0.25, 0.3) is 0 Å². The molecular formula is C16H20I2O3. The molecule has 0 heterocycles. The second-order valence-corrected chi connectivity index (χ2v) is 6.62. The molecule has 0 aliphatic carbocycles. The number of esters is 1. The number of ether oxygens (including phenoxy) is 1. The highest BCUT2D eigenvalue weighted by atomic mass is 127. The van der Waals surface area contributed by atoms with Crippen LogP contribution in [-0.4, -0.2) is 26.7 Å². The highest BCUT2D eigenvalue weighted by molar-refractivity contribution is 14.1. The number of Topliss-reactive ketones (excluding diaryl/α,β-unsaturated/α-hetero) is 1. The predicted octanol–water partition coefficient (Wildman–Crippen LogP) is 4.60. The molecule has 1 rings (SSSR count). The van der Waals surface area contributed by atoms with Crippen LogP contribution in [0, 0.1) is 0 Å². The van der Waals surface area contributed by atoms with Gasteiger partial charge in [0.2, 0.25) is 0 Å². The summed E-state index contributed by atoms with van der Waals surface area (Å²) < 4.78 is 6.86. The van der Waals surface area contributed by atoms with E-state index in [4.69, 9.17) is 4.74 Å². The van der Waals surface area contributed by atoms with E-state index in [9.17, 15) is 9.59 Å². The van der Waals surface area contributed by atoms with Gasteiger partial charge in [-0.05, 0) is 23.7 Å². The van der Waals surface area contributed by atoms with Gasteiger partial charge in [-0.2, -0.15) is 0 Å². The fourth-order valence-electron chi connectivity index (χ4n) is 2.01. The quantitative estimate of drug-likeness (QED) is 0.151. The van der Waals surface area contributed by atoms with E-state index in [2.05, 4.69) is 22.6 Å². The molecule has 3 nitrogen and oxygen atoms in total. The Labute approximate surface area is 153 Å². The highest BCUT2D eigenvalue weighted by Gasteiger charge is 2.18. The molecule has 21 heavy (non-hydrogen) atoms. The monoisotopic (exact) mass is 514 g/mol. The van der Waals surface area contributed by atoms with Crippen molar-refractivity contribution in [3.63, 3.8) is 0 Å². The number of hydrogen-bond acceptors (Lipinski definition) is 3. The molecule has 0 aliphatic rings. The predicted molar refractivity (Wildman–Crippen MR) is 102 cm³/mol. The second kappa shape index (κ2) is 11.4. The molecular weight excluding hydrogens is 494 g/mol. The zero-order valence-corrected chi connectivity index (χ0v) is 16.2. The van der Waals surface area contributed by atoms with Crippen LogP contribution in [0.25, 0.3) is 0 Å². The van der Waals surface area contributed by atoms with E-state index in [-0.39, 0.29) is 24.3 Å². The van der Waals surface area contributed by atoms with Gasteiger partial charge in [-0.1, -0.05) is 81.9 Å². The van der Waals surface area contributed by atoms with Gasteiger partial charge in [0, 0.05) is 12.0 Å². The summed E-state index contributed by atoms with van der Waals surface area (Å²) >= 11 is 4.34. The Balaban J connectivity index is 2.54. The van der Waals surface area contributed by atoms with Crippen molar-refractivity contribution in [1.82, 2.24) is 0 Å². The summed E-state index contributed by atoms with van der Waals surface area (Å²) in [6.07, 6.45) is 4.01. The molecule has 0 aliphatic heterocycles. The Morgan fingerprint density at radius 1 is 1.05 bits per heavy atom. The van der Waals surface area contributed by atoms with E-state index >= 15 is 0 Å². The Hall–Kier alpha value is -0.180. The molecule has 0 N–H and O–H groups in total. The fourth-order valence-corrected chi connectivity index (χ4v) is 2.73. The minimum atomic E-state index is -0.297. The number of unbranched alkanes of at least 4 members (excludes halogenated alkanes) is 2. The van der Waals surface area contributed by atoms with Crippen molar-refractivity contribution >= 4 is 56.9 Å². The molecule has 0 radical (unpaired) electrons. The molecule has 0 saturated heterocycles. The van der Waals surface area contributed by atoms with E-state index in [1.165, 1.54) is 6.42 Å². The summed E-state index contributed by atoms with van der Waals surface area (Å²) in [4.78, 5) is 23.7. The Morgan fingerprint density at radius 3 is 2.38 bits per heavy atom. The molecule has 1 aromatic carbocycles. The minimum Gasteiger partial charge on any atom is -0.461 e. The largest absolute Gasteiger partial charge is 0.461 e. The van der Waals surface area contributed by atoms with Gasteiger partial charge in [-0.3, -0.25) is 9.59 Å². The van der Waals surface area contributed by atoms with Gasteiger partial charge in [-0.25, -0.2) is 0 Å². The number of benzene rings is 1. The van der Waals surface area contributed by atoms with Gasteiger partial charge >= 0.3 is 5.97 Å². The average molecular weight is 514 g/mol. The van der Waals surface area contributed by atoms with Gasteiger partial charge in [-0.15, -0.1) is 0 Å². The van der Waals surface area contributed by atoms with Crippen molar-refractivity contribution in [3.8, 4) is 0 Å². The number of alkyl halides is 2. The lowest BCUT2D eigenvalue weighted by molar-refractivity contribution is -0.145. The van der Waals surface area contributed by atoms with E-state index in [1.807, 2.05) is 40.8 Å². The number of halogens is 2. The highest BCUT2D eigenvalue weighted by Crippen LogP contribution is 2.15. The van der Waals surface area contributed by atoms with Crippen molar-refractivity contribution in [2.24, 2.45) is 0 Å². The molecule has 5 heteroatoms. The minimum absolute atomic E-state index is 0.0377. The molecule has 0 spiro atoms. The molecule has 1 aromatic rings. The molecule has 0 fully saturated rings. The number of rotatable bonds is 10. The van der Waals surface area contributed by atoms with Gasteiger partial charge in [0.05, 0.1) is 4.43 Å². The molecule has 1 atom stereocenters. The first kappa shape index (κ1) is 18.9. The topological polar surface area (TPSA) is 43.4 Å². The summed E-state index contributed by atoms with van der Waals surface area (Å²) in [6, 6.07) is 9.18. The maximum atomic E-state index is 12.2. The molecule has 0 aromatic heterocycles. The van der Waals surface area contributed by atoms with Crippen LogP contribution in [0.2, 0.25) is 0 Å². The lowest BCUT2D eigenvalue weighted by Gasteiger charge is -2.17. The smallest absolute Gasteiger partial charge is 0.316 e. The van der Waals surface area contributed by atoms with Crippen LogP contribution >= 0.6 is 45.2 Å². The van der Waals surface area contributed by atoms with Crippen LogP contribution in [0.1, 0.15) is 42.5 Å². The zero-order valence-electron chi connectivity index (χ0n) is 11.9. The summed E-state index contributed by atoms with van der Waals surface area (Å²) in [7, 11) is 0. The fraction of sp³-hybridized carbons (Fsp3) is 0.500. The van der Waals surface area contributed by atoms with Crippen molar-refractivity contribution < 1.29 is 14.3 Å². The van der Waals surface area contributed by atoms with E-state index in [0.29, 0.717) is 9.99 Å². The van der Waals surface area contributed by atoms with E-state index < -0.39 is 0 Å². The first-order chi connectivity index (χ1) is 10.2. The van der Waals surface area contributed by atoms with Crippen LogP contribution < -0.4 is 0 Å². The molecule has 0 bridgehead atoms. The van der Waals surface area contributed by atoms with Gasteiger partial charge < -0.3 is 4.74 Å². The summed E-state index contributed by atoms with van der Waals surface area (Å²) in [5.41, 5.74) is 0.681. The Bertz CT molecular complexity index is 434. The third-order valence-electron chi connectivity index (χ3n) is 3.08. The number of carbonyl (C=O) groups excluding carboxylic acids is 2. The number of ketones is 1. The molecule has 1 unspecified atom stereocenters. The maximum Gasteiger partial charge on any atom is 0.316 e. The van der Waals surface area contributed by atoms with Crippen molar-refractivity contribution in [1.29, 1.82) is 0 Å². The maximum absolute atomic E-state index is 12.2. The molecule has 0 saturated carbocycles. The molecule has 116 valence electrons. The normalized spacial score (nSPS) is 11.9. The van der Waals surface area contributed by atoms with Crippen LogP contribution in [-0.2, 0) is 9.53 Å². The second-order valence-electron chi connectivity index (χ2n) is 4.78. The number of hydrogen-bond donors (Lipinski definition) is 0. The lowest BCUT2D eigenvalue weighted by Crippen LogP contribution is -2.22. The Kier molecular flexibility index (Phi) is 10.2. The van der Waals surface area contributed by atoms with Crippen LogP contribution in [0.4, 0.5) is 0 Å². The third kappa shape index (κ3) is 8.13. The molecule has 0 amide bonds. The van der Waals surface area contributed by atoms with Crippen LogP contribution in [0.5, 0.6) is 0 Å². The van der Waals surface area contributed by atoms with E-state index in [1.54, 1.807) is 12.1 Å². The van der Waals surface area contributed by atoms with Crippen molar-refractivity contribution in [2.45, 2.75) is 38.2 Å². The summed E-state index contributed by atoms with van der Waals surface area (Å²) in [5, 5.41) is 0. The van der Waals surface area contributed by atoms with E-state index in [0.717, 1.165) is 23.7 Å². The van der Waals surface area contributed by atoms with Crippen LogP contribution in [0.3, 0.4) is 0 Å². The SMILES string of the molecule is O=C(CI)OC(CCCCCI)CC(=O)c1ccccc1. The van der Waals surface area contributed by atoms with Gasteiger partial charge in [0.15, 0.2) is 5.78 Å². The van der Waals surface area contributed by atoms with Crippen LogP contribution in [0.15, 0.2) is 30.3 Å². The first-order valence-corrected chi connectivity index (χ1v) is 10.1. The third-order valence-corrected chi connectivity index (χ3v) is 4.46. The van der Waals surface area contributed by atoms with Gasteiger partial charge in [0.1, 0.15) is 6.10 Å². The standard InChI is InChI=1S/C16H20I2O3/c17-10-6-2-5-9-14(21-16(20)12-18)11-15(19)13-7-3-1-4-8-13/h1,3-4,7-8,14H,2,5-6,9-12H2. The summed E-state index contributed by atoms with van der Waals surface area (Å²) in [6.45, 7) is 0. The van der Waals surface area contributed by atoms with Crippen molar-refractivity contribution in [2.75, 3.05) is 8.86 Å². The number of carbonyl (C=O) groups is 2. The average Bonchev–Trinajstić information content (AvgIpc) is 2.52. The van der Waals surface area contributed by atoms with Crippen molar-refractivity contribution in [3.05, 3.63) is 35.9 Å². The summed E-state index contributed by atoms with van der Waals surface area (Å²) in [5.74, 6) is -0.203. The first-order valence-electron chi connectivity index (χ1n) is 7.07.